The molecule has 0 radical (unpaired) electrons. The van der Waals surface area contributed by atoms with Crippen LogP contribution in [0.5, 0.6) is 0 Å². The average Bonchev–Trinajstić information content (AvgIpc) is 3.17. The Labute approximate surface area is 162 Å². The van der Waals surface area contributed by atoms with Crippen molar-refractivity contribution in [2.45, 2.75) is 39.8 Å². The van der Waals surface area contributed by atoms with E-state index in [0.29, 0.717) is 18.0 Å². The molecule has 6 heteroatoms. The van der Waals surface area contributed by atoms with Crippen molar-refractivity contribution in [3.05, 3.63) is 35.4 Å². The molecular formula is C21H33N3O3. The van der Waals surface area contributed by atoms with Gasteiger partial charge in [0.15, 0.2) is 0 Å². The molecule has 0 unspecified atom stereocenters. The molecule has 0 bridgehead atoms. The number of carbonyl (C=O) groups is 2. The smallest absolute Gasteiger partial charge is 0.337 e. The van der Waals surface area contributed by atoms with Crippen LogP contribution in [0, 0.1) is 5.92 Å². The molecule has 0 aromatic heterocycles. The summed E-state index contributed by atoms with van der Waals surface area (Å²) in [6.45, 7) is 12.1. The van der Waals surface area contributed by atoms with Gasteiger partial charge in [-0.05, 0) is 56.6 Å². The number of carbonyl (C=O) groups excluding carboxylic acids is 2. The number of likely N-dealkylation sites (tertiary alicyclic amines) is 1. The fourth-order valence-electron chi connectivity index (χ4n) is 3.59. The summed E-state index contributed by atoms with van der Waals surface area (Å²) in [5.74, 6) is 0.342. The molecule has 2 atom stereocenters. The number of methoxy groups -OCH3 is 1. The Morgan fingerprint density at radius 1 is 1.26 bits per heavy atom. The lowest BCUT2D eigenvalue weighted by Crippen LogP contribution is -2.44. The van der Waals surface area contributed by atoms with Crippen molar-refractivity contribution in [3.8, 4) is 0 Å². The van der Waals surface area contributed by atoms with Crippen LogP contribution in [0.25, 0.3) is 0 Å². The summed E-state index contributed by atoms with van der Waals surface area (Å²) in [5, 5.41) is 3.01. The van der Waals surface area contributed by atoms with E-state index in [1.807, 2.05) is 19.1 Å². The summed E-state index contributed by atoms with van der Waals surface area (Å²) < 4.78 is 4.69. The summed E-state index contributed by atoms with van der Waals surface area (Å²) in [4.78, 5) is 28.7. The van der Waals surface area contributed by atoms with E-state index in [2.05, 4.69) is 29.0 Å². The predicted octanol–water partition coefficient (Wildman–Crippen LogP) is 2.14. The van der Waals surface area contributed by atoms with Crippen LogP contribution in [0.1, 0.15) is 43.1 Å². The lowest BCUT2D eigenvalue weighted by atomic mass is 10.1. The molecule has 6 nitrogen and oxygen atoms in total. The minimum absolute atomic E-state index is 0.0514. The zero-order valence-electron chi connectivity index (χ0n) is 17.0. The highest BCUT2D eigenvalue weighted by Gasteiger charge is 2.30. The second kappa shape index (κ2) is 10.4. The second-order valence-corrected chi connectivity index (χ2v) is 7.22. The Hall–Kier alpha value is -1.92. The number of nitrogens with one attached hydrogen (secondary N) is 1. The Bertz CT molecular complexity index is 614. The van der Waals surface area contributed by atoms with Gasteiger partial charge in [0.1, 0.15) is 0 Å². The maximum atomic E-state index is 12.5. The first-order valence-electron chi connectivity index (χ1n) is 9.89. The molecule has 1 aliphatic heterocycles. The minimum Gasteiger partial charge on any atom is -0.465 e. The maximum Gasteiger partial charge on any atom is 0.337 e. The van der Waals surface area contributed by atoms with Crippen LogP contribution in [0.4, 0.5) is 0 Å². The first-order valence-corrected chi connectivity index (χ1v) is 9.89. The molecule has 1 heterocycles. The summed E-state index contributed by atoms with van der Waals surface area (Å²) in [6, 6.07) is 6.99. The quantitative estimate of drug-likeness (QED) is 0.670. The second-order valence-electron chi connectivity index (χ2n) is 7.22. The predicted molar refractivity (Wildman–Crippen MR) is 107 cm³/mol. The van der Waals surface area contributed by atoms with E-state index in [0.717, 1.165) is 44.7 Å². The van der Waals surface area contributed by atoms with Gasteiger partial charge >= 0.3 is 5.97 Å². The molecule has 1 N–H and O–H groups in total. The van der Waals surface area contributed by atoms with Gasteiger partial charge in [0.05, 0.1) is 18.7 Å². The van der Waals surface area contributed by atoms with Gasteiger partial charge in [0.25, 0.3) is 0 Å². The van der Waals surface area contributed by atoms with Crippen LogP contribution in [0.15, 0.2) is 24.3 Å². The number of hydrogen-bond donors (Lipinski definition) is 1. The van der Waals surface area contributed by atoms with Crippen LogP contribution in [-0.4, -0.2) is 67.6 Å². The van der Waals surface area contributed by atoms with Gasteiger partial charge in [0.2, 0.25) is 5.91 Å². The van der Waals surface area contributed by atoms with E-state index in [4.69, 9.17) is 4.74 Å². The average molecular weight is 376 g/mol. The molecule has 150 valence electrons. The summed E-state index contributed by atoms with van der Waals surface area (Å²) in [5.41, 5.74) is 1.47. The maximum absolute atomic E-state index is 12.5. The van der Waals surface area contributed by atoms with E-state index in [9.17, 15) is 9.59 Å². The van der Waals surface area contributed by atoms with Crippen LogP contribution in [-0.2, 0) is 16.1 Å². The lowest BCUT2D eigenvalue weighted by molar-refractivity contribution is -0.125. The molecule has 1 amide bonds. The van der Waals surface area contributed by atoms with Gasteiger partial charge in [-0.3, -0.25) is 9.69 Å². The Morgan fingerprint density at radius 3 is 2.52 bits per heavy atom. The molecule has 27 heavy (non-hydrogen) atoms. The monoisotopic (exact) mass is 375 g/mol. The topological polar surface area (TPSA) is 61.9 Å². The lowest BCUT2D eigenvalue weighted by Gasteiger charge is -2.25. The molecule has 1 saturated heterocycles. The number of ether oxygens (including phenoxy) is 1. The van der Waals surface area contributed by atoms with Crippen LogP contribution < -0.4 is 5.32 Å². The van der Waals surface area contributed by atoms with Gasteiger partial charge < -0.3 is 15.0 Å². The first kappa shape index (κ1) is 21.4. The number of esters is 1. The number of rotatable bonds is 9. The largest absolute Gasteiger partial charge is 0.465 e. The zero-order valence-corrected chi connectivity index (χ0v) is 17.0. The number of nitrogens with zero attached hydrogens (tertiary/aromatic N) is 2. The van der Waals surface area contributed by atoms with Crippen molar-refractivity contribution < 1.29 is 14.3 Å². The standard InChI is InChI=1S/C21H33N3O3/c1-5-23(6-2)14-18-11-12-24(15-18)16(3)20(25)22-13-17-7-9-19(10-8-17)21(26)27-4/h7-10,16,18H,5-6,11-15H2,1-4H3,(H,22,25)/t16-,18+/m1/s1. The molecule has 2 rings (SSSR count). The van der Waals surface area contributed by atoms with E-state index in [1.54, 1.807) is 12.1 Å². The van der Waals surface area contributed by atoms with Crippen molar-refractivity contribution in [1.82, 2.24) is 15.1 Å². The molecule has 1 aromatic carbocycles. The highest BCUT2D eigenvalue weighted by molar-refractivity contribution is 5.89. The van der Waals surface area contributed by atoms with Gasteiger partial charge in [0, 0.05) is 19.6 Å². The SMILES string of the molecule is CCN(CC)C[C@@H]1CCN([C@H](C)C(=O)NCc2ccc(C(=O)OC)cc2)C1. The molecular weight excluding hydrogens is 342 g/mol. The fraction of sp³-hybridized carbons (Fsp3) is 0.619. The molecule has 1 aliphatic rings. The Balaban J connectivity index is 1.79. The Kier molecular flexibility index (Phi) is 8.25. The normalized spacial score (nSPS) is 18.5. The van der Waals surface area contributed by atoms with E-state index in [-0.39, 0.29) is 17.9 Å². The van der Waals surface area contributed by atoms with Gasteiger partial charge in [-0.2, -0.15) is 0 Å². The molecule has 1 aromatic rings. The summed E-state index contributed by atoms with van der Waals surface area (Å²) >= 11 is 0. The fourth-order valence-corrected chi connectivity index (χ4v) is 3.59. The number of benzene rings is 1. The van der Waals surface area contributed by atoms with Crippen molar-refractivity contribution in [1.29, 1.82) is 0 Å². The third kappa shape index (κ3) is 6.04. The van der Waals surface area contributed by atoms with Gasteiger partial charge in [-0.1, -0.05) is 26.0 Å². The molecule has 0 saturated carbocycles. The van der Waals surface area contributed by atoms with Crippen LogP contribution >= 0.6 is 0 Å². The van der Waals surface area contributed by atoms with Gasteiger partial charge in [-0.15, -0.1) is 0 Å². The number of amides is 1. The van der Waals surface area contributed by atoms with Crippen molar-refractivity contribution in [2.75, 3.05) is 39.8 Å². The summed E-state index contributed by atoms with van der Waals surface area (Å²) in [7, 11) is 1.36. The van der Waals surface area contributed by atoms with Crippen molar-refractivity contribution in [3.63, 3.8) is 0 Å². The third-order valence-corrected chi connectivity index (χ3v) is 5.50. The minimum atomic E-state index is -0.354. The highest BCUT2D eigenvalue weighted by Crippen LogP contribution is 2.20. The zero-order chi connectivity index (χ0) is 19.8. The number of hydrogen-bond acceptors (Lipinski definition) is 5. The third-order valence-electron chi connectivity index (χ3n) is 5.50. The molecule has 1 fully saturated rings. The van der Waals surface area contributed by atoms with Crippen LogP contribution in [0.3, 0.4) is 0 Å². The van der Waals surface area contributed by atoms with Crippen LogP contribution in [0.2, 0.25) is 0 Å². The van der Waals surface area contributed by atoms with E-state index < -0.39 is 0 Å². The van der Waals surface area contributed by atoms with Gasteiger partial charge in [-0.25, -0.2) is 4.79 Å². The van der Waals surface area contributed by atoms with E-state index >= 15 is 0 Å². The van der Waals surface area contributed by atoms with Crippen molar-refractivity contribution >= 4 is 11.9 Å². The first-order chi connectivity index (χ1) is 13.0. The molecule has 0 spiro atoms. The molecule has 0 aliphatic carbocycles. The van der Waals surface area contributed by atoms with E-state index in [1.165, 1.54) is 7.11 Å². The summed E-state index contributed by atoms with van der Waals surface area (Å²) in [6.07, 6.45) is 1.16. The van der Waals surface area contributed by atoms with Crippen molar-refractivity contribution in [2.24, 2.45) is 5.92 Å². The Morgan fingerprint density at radius 2 is 1.93 bits per heavy atom. The highest BCUT2D eigenvalue weighted by atomic mass is 16.5.